The summed E-state index contributed by atoms with van der Waals surface area (Å²) in [4.78, 5) is 1.83. The summed E-state index contributed by atoms with van der Waals surface area (Å²) < 4.78 is 70.3. The van der Waals surface area contributed by atoms with Gasteiger partial charge in [-0.2, -0.15) is 21.6 Å². The third-order valence-electron chi connectivity index (χ3n) is 8.40. The largest absolute Gasteiger partial charge is 0.534 e. The molecule has 0 aliphatic carbocycles. The smallest absolute Gasteiger partial charge is 0.374 e. The van der Waals surface area contributed by atoms with Crippen molar-refractivity contribution in [2.24, 2.45) is 0 Å². The molecule has 0 saturated heterocycles. The summed E-state index contributed by atoms with van der Waals surface area (Å²) in [7, 11) is -5.95. The Balaban J connectivity index is 1.53. The minimum absolute atomic E-state index is 0.207. The lowest BCUT2D eigenvalue weighted by Gasteiger charge is -2.42. The number of hydrogen-bond donors (Lipinski definition) is 0. The first-order chi connectivity index (χ1) is 21.0. The third kappa shape index (κ3) is 4.32. The van der Waals surface area contributed by atoms with Gasteiger partial charge in [-0.05, 0) is 62.7 Å². The predicted octanol–water partition coefficient (Wildman–Crippen LogP) is 10.00. The van der Waals surface area contributed by atoms with Gasteiger partial charge in [0.15, 0.2) is 5.75 Å². The van der Waals surface area contributed by atoms with Gasteiger partial charge in [-0.1, -0.05) is 111 Å². The first-order valence-corrected chi connectivity index (χ1v) is 15.4. The van der Waals surface area contributed by atoms with Crippen LogP contribution >= 0.6 is 0 Å². The van der Waals surface area contributed by atoms with Crippen molar-refractivity contribution >= 4 is 48.7 Å². The summed E-state index contributed by atoms with van der Waals surface area (Å²) in [6.07, 6.45) is 0. The molecule has 0 spiro atoms. The minimum Gasteiger partial charge on any atom is -0.374 e. The van der Waals surface area contributed by atoms with Gasteiger partial charge in [0.25, 0.3) is 0 Å². The van der Waals surface area contributed by atoms with Gasteiger partial charge in [-0.3, -0.25) is 0 Å². The second-order valence-electron chi connectivity index (χ2n) is 11.4. The Labute approximate surface area is 253 Å². The zero-order valence-electron chi connectivity index (χ0n) is 23.8. The molecule has 1 aliphatic rings. The number of halogens is 3. The molecule has 0 N–H and O–H groups in total. The fourth-order valence-electron chi connectivity index (χ4n) is 6.29. The van der Waals surface area contributed by atoms with E-state index in [0.717, 1.165) is 38.4 Å². The Kier molecular flexibility index (Phi) is 6.27. The van der Waals surface area contributed by atoms with Crippen LogP contribution in [0.4, 0.5) is 30.2 Å². The van der Waals surface area contributed by atoms with Crippen LogP contribution < -0.4 is 9.08 Å². The molecular weight excluding hydrogens is 583 g/mol. The fourth-order valence-corrected chi connectivity index (χ4v) is 6.75. The molecule has 44 heavy (non-hydrogen) atoms. The Bertz CT molecular complexity index is 2200. The minimum atomic E-state index is -5.95. The van der Waals surface area contributed by atoms with E-state index in [9.17, 15) is 21.6 Å². The van der Waals surface area contributed by atoms with Crippen molar-refractivity contribution in [1.29, 1.82) is 0 Å². The zero-order chi connectivity index (χ0) is 30.9. The van der Waals surface area contributed by atoms with Gasteiger partial charge in [0.05, 0.1) is 17.1 Å². The van der Waals surface area contributed by atoms with Crippen LogP contribution in [0.25, 0.3) is 32.7 Å². The van der Waals surface area contributed by atoms with E-state index in [0.29, 0.717) is 16.8 Å². The quantitative estimate of drug-likeness (QED) is 0.147. The Morgan fingerprint density at radius 3 is 2.02 bits per heavy atom. The first-order valence-electron chi connectivity index (χ1n) is 14.0. The molecule has 0 fully saturated rings. The van der Waals surface area contributed by atoms with Gasteiger partial charge in [-0.25, -0.2) is 0 Å². The summed E-state index contributed by atoms with van der Waals surface area (Å²) in [6.45, 7) is 4.23. The average molecular weight is 610 g/mol. The monoisotopic (exact) mass is 609 g/mol. The number of rotatable bonds is 4. The van der Waals surface area contributed by atoms with Crippen molar-refractivity contribution in [3.8, 4) is 16.9 Å². The van der Waals surface area contributed by atoms with Gasteiger partial charge in [0, 0.05) is 10.8 Å². The highest BCUT2D eigenvalue weighted by atomic mass is 32.2. The van der Waals surface area contributed by atoms with Crippen molar-refractivity contribution < 1.29 is 25.8 Å². The van der Waals surface area contributed by atoms with Gasteiger partial charge < -0.3 is 9.08 Å². The third-order valence-corrected chi connectivity index (χ3v) is 9.37. The van der Waals surface area contributed by atoms with Crippen molar-refractivity contribution in [3.05, 3.63) is 132 Å². The molecule has 0 amide bonds. The Hall–Kier alpha value is -4.82. The van der Waals surface area contributed by atoms with Crippen LogP contribution in [0.3, 0.4) is 0 Å². The molecule has 0 bridgehead atoms. The number of hydrogen-bond acceptors (Lipinski definition) is 4. The number of benzene rings is 6. The molecule has 1 aliphatic heterocycles. The predicted molar refractivity (Wildman–Crippen MR) is 169 cm³/mol. The van der Waals surface area contributed by atoms with Crippen molar-refractivity contribution in [2.45, 2.75) is 24.8 Å². The summed E-state index contributed by atoms with van der Waals surface area (Å²) >= 11 is 0. The zero-order valence-corrected chi connectivity index (χ0v) is 24.6. The molecule has 0 unspecified atom stereocenters. The van der Waals surface area contributed by atoms with E-state index in [2.05, 4.69) is 44.2 Å². The van der Waals surface area contributed by atoms with Crippen molar-refractivity contribution in [3.63, 3.8) is 0 Å². The lowest BCUT2D eigenvalue weighted by atomic mass is 9.72. The van der Waals surface area contributed by atoms with Crippen LogP contribution in [0.5, 0.6) is 5.75 Å². The molecule has 8 heteroatoms. The summed E-state index contributed by atoms with van der Waals surface area (Å²) in [5, 5.41) is 3.47. The standard InChI is InChI=1S/C36H26F3NO3S/c1-35(2)29-16-7-8-17-31(29)40(32-20-18-25(22-30(32)35)27-15-9-12-23-10-3-5-13-26(23)27)34-28-14-6-4-11-24(28)19-21-33(34)43-44(41,42)36(37,38)39/h3-22H,1-2H3. The number of nitrogens with zero attached hydrogens (tertiary/aromatic N) is 1. The van der Waals surface area contributed by atoms with Crippen molar-refractivity contribution in [2.75, 3.05) is 4.90 Å². The van der Waals surface area contributed by atoms with Crippen LogP contribution in [0.15, 0.2) is 121 Å². The maximum atomic E-state index is 13.6. The highest BCUT2D eigenvalue weighted by Crippen LogP contribution is 2.56. The highest BCUT2D eigenvalue weighted by molar-refractivity contribution is 7.88. The molecule has 220 valence electrons. The maximum Gasteiger partial charge on any atom is 0.534 e. The molecule has 6 aromatic carbocycles. The van der Waals surface area contributed by atoms with Gasteiger partial charge >= 0.3 is 15.6 Å². The lowest BCUT2D eigenvalue weighted by molar-refractivity contribution is -0.0499. The van der Waals surface area contributed by atoms with Gasteiger partial charge in [0.2, 0.25) is 0 Å². The highest BCUT2D eigenvalue weighted by Gasteiger charge is 2.49. The number of para-hydroxylation sites is 1. The second-order valence-corrected chi connectivity index (χ2v) is 12.9. The molecule has 1 heterocycles. The number of fused-ring (bicyclic) bond motifs is 4. The van der Waals surface area contributed by atoms with Crippen LogP contribution in [0.1, 0.15) is 25.0 Å². The van der Waals surface area contributed by atoms with E-state index >= 15 is 0 Å². The van der Waals surface area contributed by atoms with Crippen LogP contribution in [-0.2, 0) is 15.5 Å². The number of anilines is 3. The molecule has 0 saturated carbocycles. The SMILES string of the molecule is CC1(C)c2ccccc2N(c2c(OS(=O)(=O)C(F)(F)F)ccc3ccccc23)c2ccc(-c3cccc4ccccc34)cc21. The Morgan fingerprint density at radius 2 is 1.27 bits per heavy atom. The molecule has 0 atom stereocenters. The Morgan fingerprint density at radius 1 is 0.659 bits per heavy atom. The van der Waals surface area contributed by atoms with E-state index in [4.69, 9.17) is 4.18 Å². The molecule has 7 rings (SSSR count). The first kappa shape index (κ1) is 28.0. The van der Waals surface area contributed by atoms with Gasteiger partial charge in [-0.15, -0.1) is 0 Å². The van der Waals surface area contributed by atoms with E-state index < -0.39 is 26.8 Å². The summed E-state index contributed by atoms with van der Waals surface area (Å²) in [6, 6.07) is 38.0. The van der Waals surface area contributed by atoms with E-state index in [1.807, 2.05) is 71.6 Å². The van der Waals surface area contributed by atoms with E-state index in [-0.39, 0.29) is 5.69 Å². The van der Waals surface area contributed by atoms with Crippen LogP contribution in [-0.4, -0.2) is 13.9 Å². The molecule has 4 nitrogen and oxygen atoms in total. The van der Waals surface area contributed by atoms with Crippen molar-refractivity contribution in [1.82, 2.24) is 0 Å². The van der Waals surface area contributed by atoms with Crippen LogP contribution in [0.2, 0.25) is 0 Å². The van der Waals surface area contributed by atoms with Gasteiger partial charge in [0.1, 0.15) is 0 Å². The average Bonchev–Trinajstić information content (AvgIpc) is 3.01. The van der Waals surface area contributed by atoms with E-state index in [1.54, 1.807) is 18.2 Å². The maximum absolute atomic E-state index is 13.6. The fraction of sp³-hybridized carbons (Fsp3) is 0.111. The summed E-state index contributed by atoms with van der Waals surface area (Å²) in [5.41, 5.74) is -0.566. The molecular formula is C36H26F3NO3S. The van der Waals surface area contributed by atoms with Crippen LogP contribution in [0, 0.1) is 0 Å². The lowest BCUT2D eigenvalue weighted by Crippen LogP contribution is -2.32. The topological polar surface area (TPSA) is 46.6 Å². The molecule has 6 aromatic rings. The normalized spacial score (nSPS) is 14.3. The number of alkyl halides is 3. The molecule has 0 radical (unpaired) electrons. The second kappa shape index (κ2) is 9.86. The summed E-state index contributed by atoms with van der Waals surface area (Å²) in [5.74, 6) is -0.417. The van der Waals surface area contributed by atoms with E-state index in [1.165, 1.54) is 6.07 Å². The molecule has 0 aromatic heterocycles.